The molecule has 0 spiro atoms. The molecule has 0 radical (unpaired) electrons. The number of para-hydroxylation sites is 1. The number of carbonyl (C=O) groups is 1. The number of hydrogen-bond acceptors (Lipinski definition) is 3. The molecule has 1 unspecified atom stereocenters. The second-order valence-corrected chi connectivity index (χ2v) is 6.20. The van der Waals surface area contributed by atoms with Crippen molar-refractivity contribution in [3.05, 3.63) is 47.3 Å². The van der Waals surface area contributed by atoms with Gasteiger partial charge in [-0.15, -0.1) is 0 Å². The Morgan fingerprint density at radius 1 is 1.19 bits per heavy atom. The zero-order valence-corrected chi connectivity index (χ0v) is 17.1. The molecule has 0 bridgehead atoms. The number of aromatic nitrogens is 1. The number of rotatable bonds is 5. The summed E-state index contributed by atoms with van der Waals surface area (Å²) in [4.78, 5) is 12.1. The monoisotopic (exact) mass is 358 g/mol. The maximum atomic E-state index is 12.1. The number of nitrogens with zero attached hydrogens (tertiary/aromatic N) is 1. The molecule has 1 heterocycles. The number of benzene rings is 1. The molecule has 1 atom stereocenters. The summed E-state index contributed by atoms with van der Waals surface area (Å²) in [6, 6.07) is 9.52. The third-order valence-electron chi connectivity index (χ3n) is 4.49. The highest BCUT2D eigenvalue weighted by molar-refractivity contribution is 5.91. The van der Waals surface area contributed by atoms with E-state index in [0.29, 0.717) is 12.3 Å². The lowest BCUT2D eigenvalue weighted by Gasteiger charge is -2.23. The molecule has 4 heteroatoms. The number of hydrogen-bond donors (Lipinski definition) is 1. The lowest BCUT2D eigenvalue weighted by Crippen LogP contribution is -2.15. The van der Waals surface area contributed by atoms with E-state index in [0.717, 1.165) is 22.7 Å². The first-order valence-corrected chi connectivity index (χ1v) is 9.96. The molecule has 0 aliphatic heterocycles. The zero-order valence-electron chi connectivity index (χ0n) is 17.1. The summed E-state index contributed by atoms with van der Waals surface area (Å²) in [6.07, 6.45) is 4.07. The number of nitrogens with one attached hydrogen (secondary N) is 1. The van der Waals surface area contributed by atoms with Crippen molar-refractivity contribution in [1.82, 2.24) is 5.16 Å². The second kappa shape index (κ2) is 11.5. The molecule has 1 fully saturated rings. The molecule has 0 saturated heterocycles. The van der Waals surface area contributed by atoms with Gasteiger partial charge < -0.3 is 9.84 Å². The van der Waals surface area contributed by atoms with Crippen molar-refractivity contribution in [3.8, 4) is 0 Å². The van der Waals surface area contributed by atoms with Gasteiger partial charge in [0, 0.05) is 29.5 Å². The lowest BCUT2D eigenvalue weighted by atomic mass is 9.81. The smallest absolute Gasteiger partial charge is 0.225 e. The van der Waals surface area contributed by atoms with E-state index in [1.165, 1.54) is 19.3 Å². The van der Waals surface area contributed by atoms with E-state index in [4.69, 9.17) is 4.52 Å². The van der Waals surface area contributed by atoms with Gasteiger partial charge in [0.15, 0.2) is 0 Å². The van der Waals surface area contributed by atoms with Crippen molar-refractivity contribution >= 4 is 11.6 Å². The Hall–Kier alpha value is -2.10. The number of amides is 1. The molecule has 1 aliphatic carbocycles. The van der Waals surface area contributed by atoms with Crippen LogP contribution in [0.3, 0.4) is 0 Å². The molecular weight excluding hydrogens is 324 g/mol. The SMILES string of the molecule is CC.CC.Cc1c(C(C)CC(=O)Nc2ccccc2)noc1C1CCC1. The minimum absolute atomic E-state index is 0.00583. The average Bonchev–Trinajstić information content (AvgIpc) is 2.99. The quantitative estimate of drug-likeness (QED) is 0.669. The summed E-state index contributed by atoms with van der Waals surface area (Å²) >= 11 is 0. The van der Waals surface area contributed by atoms with Gasteiger partial charge in [0.05, 0.1) is 5.69 Å². The molecule has 1 saturated carbocycles. The van der Waals surface area contributed by atoms with Crippen molar-refractivity contribution in [2.45, 2.75) is 79.1 Å². The highest BCUT2D eigenvalue weighted by atomic mass is 16.5. The molecule has 144 valence electrons. The van der Waals surface area contributed by atoms with E-state index in [1.54, 1.807) is 0 Å². The average molecular weight is 359 g/mol. The van der Waals surface area contributed by atoms with Gasteiger partial charge in [-0.25, -0.2) is 0 Å². The number of carbonyl (C=O) groups excluding carboxylic acids is 1. The minimum Gasteiger partial charge on any atom is -0.361 e. The Kier molecular flexibility index (Phi) is 9.71. The van der Waals surface area contributed by atoms with E-state index in [-0.39, 0.29) is 11.8 Å². The Labute approximate surface area is 158 Å². The second-order valence-electron chi connectivity index (χ2n) is 6.20. The van der Waals surface area contributed by atoms with Crippen LogP contribution in [0, 0.1) is 6.92 Å². The Morgan fingerprint density at radius 3 is 2.35 bits per heavy atom. The topological polar surface area (TPSA) is 55.1 Å². The van der Waals surface area contributed by atoms with Crippen molar-refractivity contribution in [3.63, 3.8) is 0 Å². The van der Waals surface area contributed by atoms with Crippen molar-refractivity contribution < 1.29 is 9.32 Å². The van der Waals surface area contributed by atoms with Crippen LogP contribution in [-0.2, 0) is 4.79 Å². The molecule has 1 aromatic heterocycles. The van der Waals surface area contributed by atoms with Crippen LogP contribution in [0.25, 0.3) is 0 Å². The first-order chi connectivity index (χ1) is 12.6. The van der Waals surface area contributed by atoms with Crippen LogP contribution in [0.15, 0.2) is 34.9 Å². The van der Waals surface area contributed by atoms with Gasteiger partial charge in [0.25, 0.3) is 0 Å². The molecule has 4 nitrogen and oxygen atoms in total. The zero-order chi connectivity index (χ0) is 19.5. The minimum atomic E-state index is 0.00583. The highest BCUT2D eigenvalue weighted by Crippen LogP contribution is 2.39. The van der Waals surface area contributed by atoms with Crippen LogP contribution in [0.1, 0.15) is 89.2 Å². The molecule has 26 heavy (non-hydrogen) atoms. The maximum Gasteiger partial charge on any atom is 0.225 e. The van der Waals surface area contributed by atoms with Crippen LogP contribution < -0.4 is 5.32 Å². The van der Waals surface area contributed by atoms with E-state index >= 15 is 0 Å². The van der Waals surface area contributed by atoms with Gasteiger partial charge in [-0.3, -0.25) is 4.79 Å². The van der Waals surface area contributed by atoms with Crippen LogP contribution >= 0.6 is 0 Å². The first kappa shape index (κ1) is 21.9. The van der Waals surface area contributed by atoms with Crippen LogP contribution in [0.5, 0.6) is 0 Å². The Morgan fingerprint density at radius 2 is 1.81 bits per heavy atom. The van der Waals surface area contributed by atoms with Gasteiger partial charge in [-0.2, -0.15) is 0 Å². The van der Waals surface area contributed by atoms with Gasteiger partial charge >= 0.3 is 0 Å². The molecule has 2 aromatic rings. The standard InChI is InChI=1S/C18H22N2O2.2C2H6/c1-12(11-16(21)19-15-9-4-3-5-10-15)17-13(2)18(22-20-17)14-7-6-8-14;2*1-2/h3-5,9-10,12,14H,6-8,11H2,1-2H3,(H,19,21);2*1-2H3. The van der Waals surface area contributed by atoms with Gasteiger partial charge in [-0.05, 0) is 31.9 Å². The summed E-state index contributed by atoms with van der Waals surface area (Å²) in [5.41, 5.74) is 2.88. The molecular formula is C22H34N2O2. The predicted molar refractivity (Wildman–Crippen MR) is 109 cm³/mol. The fraction of sp³-hybridized carbons (Fsp3) is 0.545. The van der Waals surface area contributed by atoms with Crippen molar-refractivity contribution in [1.29, 1.82) is 0 Å². The normalized spacial score (nSPS) is 14.1. The number of anilines is 1. The van der Waals surface area contributed by atoms with Gasteiger partial charge in [-0.1, -0.05) is 64.4 Å². The van der Waals surface area contributed by atoms with Crippen LogP contribution in [0.2, 0.25) is 0 Å². The Bertz CT molecular complexity index is 645. The predicted octanol–water partition coefficient (Wildman–Crippen LogP) is 6.44. The maximum absolute atomic E-state index is 12.1. The van der Waals surface area contributed by atoms with Crippen LogP contribution in [-0.4, -0.2) is 11.1 Å². The Balaban J connectivity index is 0.000000791. The van der Waals surface area contributed by atoms with Crippen molar-refractivity contribution in [2.75, 3.05) is 5.32 Å². The van der Waals surface area contributed by atoms with Gasteiger partial charge in [0.2, 0.25) is 5.91 Å². The summed E-state index contributed by atoms with van der Waals surface area (Å²) in [5.74, 6) is 1.62. The summed E-state index contributed by atoms with van der Waals surface area (Å²) in [5, 5.41) is 7.14. The van der Waals surface area contributed by atoms with Crippen molar-refractivity contribution in [2.24, 2.45) is 0 Å². The van der Waals surface area contributed by atoms with E-state index < -0.39 is 0 Å². The lowest BCUT2D eigenvalue weighted by molar-refractivity contribution is -0.116. The van der Waals surface area contributed by atoms with E-state index in [1.807, 2.05) is 65.0 Å². The first-order valence-electron chi connectivity index (χ1n) is 9.96. The highest BCUT2D eigenvalue weighted by Gasteiger charge is 2.28. The molecule has 1 aromatic carbocycles. The third-order valence-corrected chi connectivity index (χ3v) is 4.49. The largest absolute Gasteiger partial charge is 0.361 e. The fourth-order valence-corrected chi connectivity index (χ4v) is 2.98. The van der Waals surface area contributed by atoms with Crippen LogP contribution in [0.4, 0.5) is 5.69 Å². The van der Waals surface area contributed by atoms with E-state index in [9.17, 15) is 4.79 Å². The summed E-state index contributed by atoms with van der Waals surface area (Å²) in [6.45, 7) is 12.1. The molecule has 1 aliphatic rings. The summed E-state index contributed by atoms with van der Waals surface area (Å²) < 4.78 is 5.54. The van der Waals surface area contributed by atoms with E-state index in [2.05, 4.69) is 17.4 Å². The molecule has 3 rings (SSSR count). The fourth-order valence-electron chi connectivity index (χ4n) is 2.98. The molecule has 1 amide bonds. The molecule has 1 N–H and O–H groups in total. The third kappa shape index (κ3) is 5.72. The summed E-state index contributed by atoms with van der Waals surface area (Å²) in [7, 11) is 0. The van der Waals surface area contributed by atoms with Gasteiger partial charge in [0.1, 0.15) is 5.76 Å².